The molecule has 0 amide bonds. The SMILES string of the molecule is CCCCc1ccc2nccnc2c1. The average Bonchev–Trinajstić information content (AvgIpc) is 2.26. The standard InChI is InChI=1S/C12H14N2/c1-2-3-4-10-5-6-11-12(9-10)14-8-7-13-11/h5-9H,2-4H2,1H3. The highest BCUT2D eigenvalue weighted by Crippen LogP contribution is 2.12. The van der Waals surface area contributed by atoms with Crippen molar-refractivity contribution in [2.45, 2.75) is 26.2 Å². The maximum Gasteiger partial charge on any atom is 0.0889 e. The number of unbranched alkanes of at least 4 members (excludes halogenated alkanes) is 1. The highest BCUT2D eigenvalue weighted by Gasteiger charge is 1.97. The average molecular weight is 186 g/mol. The topological polar surface area (TPSA) is 25.8 Å². The van der Waals surface area contributed by atoms with Gasteiger partial charge >= 0.3 is 0 Å². The molecule has 0 spiro atoms. The van der Waals surface area contributed by atoms with E-state index in [1.54, 1.807) is 12.4 Å². The Morgan fingerprint density at radius 2 is 1.86 bits per heavy atom. The summed E-state index contributed by atoms with van der Waals surface area (Å²) in [6, 6.07) is 6.33. The number of rotatable bonds is 3. The van der Waals surface area contributed by atoms with Crippen molar-refractivity contribution in [1.29, 1.82) is 0 Å². The molecule has 0 aliphatic heterocycles. The lowest BCUT2D eigenvalue weighted by Crippen LogP contribution is -1.87. The maximum atomic E-state index is 4.29. The molecule has 0 unspecified atom stereocenters. The lowest BCUT2D eigenvalue weighted by Gasteiger charge is -2.01. The van der Waals surface area contributed by atoms with Crippen molar-refractivity contribution >= 4 is 11.0 Å². The van der Waals surface area contributed by atoms with Crippen molar-refractivity contribution in [2.24, 2.45) is 0 Å². The summed E-state index contributed by atoms with van der Waals surface area (Å²) in [4.78, 5) is 8.53. The summed E-state index contributed by atoms with van der Waals surface area (Å²) in [6.07, 6.45) is 7.09. The molecular formula is C12H14N2. The molecule has 2 aromatic rings. The monoisotopic (exact) mass is 186 g/mol. The maximum absolute atomic E-state index is 4.29. The van der Waals surface area contributed by atoms with Crippen LogP contribution >= 0.6 is 0 Å². The number of nitrogens with zero attached hydrogens (tertiary/aromatic N) is 2. The molecule has 0 bridgehead atoms. The summed E-state index contributed by atoms with van der Waals surface area (Å²) >= 11 is 0. The van der Waals surface area contributed by atoms with E-state index in [2.05, 4.69) is 29.0 Å². The zero-order valence-corrected chi connectivity index (χ0v) is 8.40. The lowest BCUT2D eigenvalue weighted by molar-refractivity contribution is 0.795. The quantitative estimate of drug-likeness (QED) is 0.736. The first-order valence-corrected chi connectivity index (χ1v) is 5.10. The third kappa shape index (κ3) is 1.90. The molecule has 0 radical (unpaired) electrons. The molecule has 1 heterocycles. The molecule has 1 aromatic heterocycles. The molecule has 0 N–H and O–H groups in total. The van der Waals surface area contributed by atoms with E-state index in [0.717, 1.165) is 17.5 Å². The summed E-state index contributed by atoms with van der Waals surface area (Å²) in [6.45, 7) is 2.21. The van der Waals surface area contributed by atoms with E-state index >= 15 is 0 Å². The largest absolute Gasteiger partial charge is 0.253 e. The molecule has 0 saturated carbocycles. The van der Waals surface area contributed by atoms with Crippen molar-refractivity contribution in [3.05, 3.63) is 36.2 Å². The fourth-order valence-electron chi connectivity index (χ4n) is 1.55. The van der Waals surface area contributed by atoms with E-state index in [1.165, 1.54) is 18.4 Å². The van der Waals surface area contributed by atoms with Gasteiger partial charge in [-0.15, -0.1) is 0 Å². The van der Waals surface area contributed by atoms with E-state index in [-0.39, 0.29) is 0 Å². The van der Waals surface area contributed by atoms with Crippen LogP contribution in [0.5, 0.6) is 0 Å². The van der Waals surface area contributed by atoms with Crippen LogP contribution in [0.3, 0.4) is 0 Å². The number of benzene rings is 1. The van der Waals surface area contributed by atoms with Gasteiger partial charge in [-0.25, -0.2) is 0 Å². The molecule has 72 valence electrons. The molecule has 2 rings (SSSR count). The molecule has 14 heavy (non-hydrogen) atoms. The van der Waals surface area contributed by atoms with Crippen LogP contribution in [-0.4, -0.2) is 9.97 Å². The summed E-state index contributed by atoms with van der Waals surface area (Å²) < 4.78 is 0. The van der Waals surface area contributed by atoms with Gasteiger partial charge in [0.25, 0.3) is 0 Å². The van der Waals surface area contributed by atoms with Crippen LogP contribution < -0.4 is 0 Å². The number of fused-ring (bicyclic) bond motifs is 1. The fraction of sp³-hybridized carbons (Fsp3) is 0.333. The number of hydrogen-bond acceptors (Lipinski definition) is 2. The second-order valence-corrected chi connectivity index (χ2v) is 3.48. The Balaban J connectivity index is 2.32. The van der Waals surface area contributed by atoms with Crippen molar-refractivity contribution < 1.29 is 0 Å². The summed E-state index contributed by atoms with van der Waals surface area (Å²) in [5, 5.41) is 0. The zero-order chi connectivity index (χ0) is 9.80. The van der Waals surface area contributed by atoms with E-state index in [1.807, 2.05) is 6.07 Å². The highest BCUT2D eigenvalue weighted by atomic mass is 14.8. The minimum atomic E-state index is 0.979. The van der Waals surface area contributed by atoms with Gasteiger partial charge < -0.3 is 0 Å². The molecule has 0 aliphatic rings. The number of aryl methyl sites for hydroxylation is 1. The van der Waals surface area contributed by atoms with Gasteiger partial charge in [-0.1, -0.05) is 19.4 Å². The van der Waals surface area contributed by atoms with Crippen LogP contribution in [0.4, 0.5) is 0 Å². The van der Waals surface area contributed by atoms with Gasteiger partial charge in [0, 0.05) is 12.4 Å². The molecule has 0 fully saturated rings. The Morgan fingerprint density at radius 1 is 1.07 bits per heavy atom. The van der Waals surface area contributed by atoms with Crippen LogP contribution in [-0.2, 0) is 6.42 Å². The van der Waals surface area contributed by atoms with Crippen molar-refractivity contribution in [1.82, 2.24) is 9.97 Å². The van der Waals surface area contributed by atoms with Crippen molar-refractivity contribution in [3.63, 3.8) is 0 Å². The first kappa shape index (κ1) is 9.13. The Morgan fingerprint density at radius 3 is 2.64 bits per heavy atom. The molecule has 0 aliphatic carbocycles. The van der Waals surface area contributed by atoms with Gasteiger partial charge in [0.05, 0.1) is 11.0 Å². The van der Waals surface area contributed by atoms with Gasteiger partial charge in [0.2, 0.25) is 0 Å². The molecule has 1 aromatic carbocycles. The van der Waals surface area contributed by atoms with Crippen LogP contribution in [0.2, 0.25) is 0 Å². The van der Waals surface area contributed by atoms with Gasteiger partial charge in [0.15, 0.2) is 0 Å². The molecule has 2 heteroatoms. The summed E-state index contributed by atoms with van der Waals surface area (Å²) in [7, 11) is 0. The fourth-order valence-corrected chi connectivity index (χ4v) is 1.55. The van der Waals surface area contributed by atoms with Crippen LogP contribution in [0.15, 0.2) is 30.6 Å². The molecule has 0 atom stereocenters. The van der Waals surface area contributed by atoms with Crippen LogP contribution in [0.1, 0.15) is 25.3 Å². The summed E-state index contributed by atoms with van der Waals surface area (Å²) in [5.41, 5.74) is 3.34. The van der Waals surface area contributed by atoms with Gasteiger partial charge in [-0.05, 0) is 30.5 Å². The van der Waals surface area contributed by atoms with Crippen molar-refractivity contribution in [2.75, 3.05) is 0 Å². The Bertz CT molecular complexity index is 423. The number of hydrogen-bond donors (Lipinski definition) is 0. The molecular weight excluding hydrogens is 172 g/mol. The summed E-state index contributed by atoms with van der Waals surface area (Å²) in [5.74, 6) is 0. The third-order valence-electron chi connectivity index (χ3n) is 2.35. The molecule has 2 nitrogen and oxygen atoms in total. The number of aromatic nitrogens is 2. The second-order valence-electron chi connectivity index (χ2n) is 3.48. The van der Waals surface area contributed by atoms with E-state index < -0.39 is 0 Å². The first-order valence-electron chi connectivity index (χ1n) is 5.10. The Hall–Kier alpha value is -1.44. The van der Waals surface area contributed by atoms with Gasteiger partial charge in [-0.3, -0.25) is 9.97 Å². The minimum Gasteiger partial charge on any atom is -0.253 e. The lowest BCUT2D eigenvalue weighted by atomic mass is 10.1. The van der Waals surface area contributed by atoms with Crippen LogP contribution in [0.25, 0.3) is 11.0 Å². The van der Waals surface area contributed by atoms with Gasteiger partial charge in [0.1, 0.15) is 0 Å². The first-order chi connectivity index (χ1) is 6.90. The second kappa shape index (κ2) is 4.18. The predicted molar refractivity (Wildman–Crippen MR) is 58.2 cm³/mol. The predicted octanol–water partition coefficient (Wildman–Crippen LogP) is 2.97. The van der Waals surface area contributed by atoms with Gasteiger partial charge in [-0.2, -0.15) is 0 Å². The third-order valence-corrected chi connectivity index (χ3v) is 2.35. The molecule has 0 saturated heterocycles. The Labute approximate surface area is 84.0 Å². The zero-order valence-electron chi connectivity index (χ0n) is 8.40. The Kier molecular flexibility index (Phi) is 2.73. The minimum absolute atomic E-state index is 0.979. The van der Waals surface area contributed by atoms with E-state index in [9.17, 15) is 0 Å². The van der Waals surface area contributed by atoms with E-state index in [4.69, 9.17) is 0 Å². The normalized spacial score (nSPS) is 10.6. The van der Waals surface area contributed by atoms with Crippen molar-refractivity contribution in [3.8, 4) is 0 Å². The smallest absolute Gasteiger partial charge is 0.0889 e. The highest BCUT2D eigenvalue weighted by molar-refractivity contribution is 5.74. The van der Waals surface area contributed by atoms with E-state index in [0.29, 0.717) is 0 Å². The van der Waals surface area contributed by atoms with Crippen LogP contribution in [0, 0.1) is 0 Å².